The van der Waals surface area contributed by atoms with E-state index in [4.69, 9.17) is 0 Å². The number of hydrogen-bond acceptors (Lipinski definition) is 2. The van der Waals surface area contributed by atoms with Crippen molar-refractivity contribution in [3.05, 3.63) is 82.4 Å². The SMILES string of the molecule is CC(C)c1cccc(C(C)C)c1NN=Cc1ccccc1C1=CC(C(C)(C)C)=CC1. The third-order valence-corrected chi connectivity index (χ3v) is 5.80. The highest BCUT2D eigenvalue weighted by Gasteiger charge is 2.20. The molecule has 0 unspecified atom stereocenters. The molecule has 0 saturated carbocycles. The second-order valence-electron chi connectivity index (χ2n) is 9.86. The number of anilines is 1. The summed E-state index contributed by atoms with van der Waals surface area (Å²) in [5, 5.41) is 4.68. The predicted molar refractivity (Wildman–Crippen MR) is 132 cm³/mol. The van der Waals surface area contributed by atoms with Crippen molar-refractivity contribution in [3.63, 3.8) is 0 Å². The van der Waals surface area contributed by atoms with Gasteiger partial charge in [-0.25, -0.2) is 0 Å². The maximum absolute atomic E-state index is 4.68. The van der Waals surface area contributed by atoms with Crippen LogP contribution in [0.2, 0.25) is 0 Å². The molecule has 0 atom stereocenters. The minimum Gasteiger partial charge on any atom is -0.278 e. The van der Waals surface area contributed by atoms with E-state index in [1.54, 1.807) is 0 Å². The first kappa shape index (κ1) is 22.1. The lowest BCUT2D eigenvalue weighted by Crippen LogP contribution is -2.05. The molecule has 1 aliphatic carbocycles. The molecule has 0 aliphatic heterocycles. The van der Waals surface area contributed by atoms with Crippen molar-refractivity contribution in [3.8, 4) is 0 Å². The average molecular weight is 401 g/mol. The molecule has 2 aromatic rings. The van der Waals surface area contributed by atoms with E-state index in [1.807, 2.05) is 6.21 Å². The van der Waals surface area contributed by atoms with Gasteiger partial charge in [0.05, 0.1) is 11.9 Å². The quantitative estimate of drug-likeness (QED) is 0.384. The minimum absolute atomic E-state index is 0.181. The molecule has 0 radical (unpaired) electrons. The molecule has 2 heteroatoms. The van der Waals surface area contributed by atoms with Crippen molar-refractivity contribution in [2.45, 2.75) is 66.7 Å². The highest BCUT2D eigenvalue weighted by molar-refractivity contribution is 5.90. The first-order valence-corrected chi connectivity index (χ1v) is 11.1. The normalized spacial score (nSPS) is 14.6. The van der Waals surface area contributed by atoms with Crippen LogP contribution < -0.4 is 5.43 Å². The number of para-hydroxylation sites is 1. The molecular weight excluding hydrogens is 364 g/mol. The molecule has 0 saturated heterocycles. The summed E-state index contributed by atoms with van der Waals surface area (Å²) < 4.78 is 0. The van der Waals surface area contributed by atoms with E-state index in [-0.39, 0.29) is 5.41 Å². The van der Waals surface area contributed by atoms with Gasteiger partial charge >= 0.3 is 0 Å². The molecule has 0 aromatic heterocycles. The fourth-order valence-corrected chi connectivity index (χ4v) is 3.98. The van der Waals surface area contributed by atoms with Crippen LogP contribution in [-0.2, 0) is 0 Å². The Bertz CT molecular complexity index is 956. The van der Waals surface area contributed by atoms with Gasteiger partial charge < -0.3 is 0 Å². The van der Waals surface area contributed by atoms with E-state index in [0.717, 1.165) is 17.7 Å². The van der Waals surface area contributed by atoms with Gasteiger partial charge in [-0.1, -0.05) is 103 Å². The molecule has 0 bridgehead atoms. The van der Waals surface area contributed by atoms with Crippen LogP contribution in [0.15, 0.2) is 65.3 Å². The summed E-state index contributed by atoms with van der Waals surface area (Å²) in [7, 11) is 0. The summed E-state index contributed by atoms with van der Waals surface area (Å²) in [5.41, 5.74) is 12.5. The molecular formula is C28H36N2. The lowest BCUT2D eigenvalue weighted by molar-refractivity contribution is 0.518. The van der Waals surface area contributed by atoms with E-state index in [1.165, 1.54) is 27.8 Å². The maximum Gasteiger partial charge on any atom is 0.0630 e. The summed E-state index contributed by atoms with van der Waals surface area (Å²) in [5.74, 6) is 0.887. The number of rotatable bonds is 6. The second-order valence-corrected chi connectivity index (χ2v) is 9.86. The standard InChI is InChI=1S/C28H36N2/c1-19(2)24-13-10-14-25(20(3)4)27(24)30-29-18-22-11-8-9-12-26(22)21-15-16-23(17-21)28(5,6)7/h8-14,16-20,30H,15H2,1-7H3. The summed E-state index contributed by atoms with van der Waals surface area (Å²) >= 11 is 0. The van der Waals surface area contributed by atoms with Gasteiger partial charge in [0.2, 0.25) is 0 Å². The van der Waals surface area contributed by atoms with Gasteiger partial charge in [-0.2, -0.15) is 5.10 Å². The van der Waals surface area contributed by atoms with Crippen molar-refractivity contribution in [1.29, 1.82) is 0 Å². The van der Waals surface area contributed by atoms with Crippen molar-refractivity contribution in [2.24, 2.45) is 10.5 Å². The summed E-state index contributed by atoms with van der Waals surface area (Å²) in [6.45, 7) is 15.7. The molecule has 0 spiro atoms. The fourth-order valence-electron chi connectivity index (χ4n) is 3.98. The van der Waals surface area contributed by atoms with Gasteiger partial charge in [-0.15, -0.1) is 0 Å². The number of hydrazone groups is 1. The lowest BCUT2D eigenvalue weighted by Gasteiger charge is -2.19. The van der Waals surface area contributed by atoms with E-state index in [9.17, 15) is 0 Å². The van der Waals surface area contributed by atoms with Gasteiger partial charge in [0.25, 0.3) is 0 Å². The largest absolute Gasteiger partial charge is 0.278 e. The number of benzene rings is 2. The summed E-state index contributed by atoms with van der Waals surface area (Å²) in [6.07, 6.45) is 7.66. The van der Waals surface area contributed by atoms with Crippen molar-refractivity contribution < 1.29 is 0 Å². The monoisotopic (exact) mass is 400 g/mol. The molecule has 0 fully saturated rings. The zero-order valence-corrected chi connectivity index (χ0v) is 19.6. The minimum atomic E-state index is 0.181. The third kappa shape index (κ3) is 4.92. The number of nitrogens with zero attached hydrogens (tertiary/aromatic N) is 1. The van der Waals surface area contributed by atoms with Gasteiger partial charge in [-0.05, 0) is 51.5 Å². The Kier molecular flexibility index (Phi) is 6.65. The molecule has 0 amide bonds. The molecule has 2 nitrogen and oxygen atoms in total. The number of hydrogen-bond donors (Lipinski definition) is 1. The van der Waals surface area contributed by atoms with Gasteiger partial charge in [-0.3, -0.25) is 5.43 Å². The Balaban J connectivity index is 1.88. The maximum atomic E-state index is 4.68. The first-order valence-electron chi connectivity index (χ1n) is 11.1. The average Bonchev–Trinajstić information content (AvgIpc) is 3.18. The van der Waals surface area contributed by atoms with Crippen molar-refractivity contribution >= 4 is 17.5 Å². The Morgan fingerprint density at radius 2 is 1.53 bits per heavy atom. The van der Waals surface area contributed by atoms with E-state index >= 15 is 0 Å². The summed E-state index contributed by atoms with van der Waals surface area (Å²) in [4.78, 5) is 0. The smallest absolute Gasteiger partial charge is 0.0630 e. The molecule has 30 heavy (non-hydrogen) atoms. The van der Waals surface area contributed by atoms with Gasteiger partial charge in [0.1, 0.15) is 0 Å². The van der Waals surface area contributed by atoms with Crippen LogP contribution in [0.25, 0.3) is 5.57 Å². The Labute approximate surface area is 182 Å². The Hall–Kier alpha value is -2.61. The molecule has 0 heterocycles. The zero-order chi connectivity index (χ0) is 21.9. The van der Waals surface area contributed by atoms with Crippen LogP contribution in [0.3, 0.4) is 0 Å². The molecule has 158 valence electrons. The van der Waals surface area contributed by atoms with E-state index in [0.29, 0.717) is 11.8 Å². The van der Waals surface area contributed by atoms with E-state index < -0.39 is 0 Å². The third-order valence-electron chi connectivity index (χ3n) is 5.80. The second kappa shape index (κ2) is 9.04. The highest BCUT2D eigenvalue weighted by Crippen LogP contribution is 2.37. The zero-order valence-electron chi connectivity index (χ0n) is 19.6. The van der Waals surface area contributed by atoms with Crippen LogP contribution in [0, 0.1) is 5.41 Å². The van der Waals surface area contributed by atoms with Crippen molar-refractivity contribution in [2.75, 3.05) is 5.43 Å². The lowest BCUT2D eigenvalue weighted by atomic mass is 9.87. The van der Waals surface area contributed by atoms with E-state index in [2.05, 4.69) is 114 Å². The van der Waals surface area contributed by atoms with Crippen LogP contribution in [0.5, 0.6) is 0 Å². The van der Waals surface area contributed by atoms with Crippen molar-refractivity contribution in [1.82, 2.24) is 0 Å². The summed E-state index contributed by atoms with van der Waals surface area (Å²) in [6, 6.07) is 15.1. The van der Waals surface area contributed by atoms with Crippen LogP contribution in [0.1, 0.15) is 89.0 Å². The molecule has 1 aliphatic rings. The highest BCUT2D eigenvalue weighted by atomic mass is 15.3. The predicted octanol–water partition coefficient (Wildman–Crippen LogP) is 8.14. The Morgan fingerprint density at radius 3 is 2.10 bits per heavy atom. The Morgan fingerprint density at radius 1 is 0.900 bits per heavy atom. The molecule has 1 N–H and O–H groups in total. The van der Waals surface area contributed by atoms with Gasteiger partial charge in [0.15, 0.2) is 0 Å². The topological polar surface area (TPSA) is 24.4 Å². The molecule has 3 rings (SSSR count). The molecule has 2 aromatic carbocycles. The van der Waals surface area contributed by atoms with Crippen LogP contribution >= 0.6 is 0 Å². The fraction of sp³-hybridized carbons (Fsp3) is 0.393. The number of allylic oxidation sites excluding steroid dienone is 4. The first-order chi connectivity index (χ1) is 14.2. The van der Waals surface area contributed by atoms with Crippen LogP contribution in [-0.4, -0.2) is 6.21 Å². The van der Waals surface area contributed by atoms with Crippen LogP contribution in [0.4, 0.5) is 5.69 Å². The van der Waals surface area contributed by atoms with Gasteiger partial charge in [0, 0.05) is 5.56 Å². The number of nitrogens with one attached hydrogen (secondary N) is 1.